The van der Waals surface area contributed by atoms with Crippen molar-refractivity contribution in [3.8, 4) is 0 Å². The largest absolute Gasteiger partial charge is 0.382 e. The van der Waals surface area contributed by atoms with Crippen LogP contribution in [-0.4, -0.2) is 53.0 Å². The van der Waals surface area contributed by atoms with Crippen molar-refractivity contribution < 1.29 is 9.47 Å². The van der Waals surface area contributed by atoms with Crippen molar-refractivity contribution in [2.45, 2.75) is 12.8 Å². The van der Waals surface area contributed by atoms with Gasteiger partial charge in [-0.25, -0.2) is 0 Å². The Morgan fingerprint density at radius 3 is 2.60 bits per heavy atom. The maximum Gasteiger partial charge on any atom is 0.190 e. The maximum atomic E-state index is 5.44. The van der Waals surface area contributed by atoms with Gasteiger partial charge < -0.3 is 20.1 Å². The highest BCUT2D eigenvalue weighted by atomic mass is 16.5. The van der Waals surface area contributed by atoms with E-state index in [2.05, 4.69) is 58.1 Å². The minimum Gasteiger partial charge on any atom is -0.382 e. The summed E-state index contributed by atoms with van der Waals surface area (Å²) in [6.45, 7) is 3.70. The van der Waals surface area contributed by atoms with E-state index >= 15 is 0 Å². The van der Waals surface area contributed by atoms with Gasteiger partial charge in [-0.15, -0.1) is 0 Å². The fourth-order valence-electron chi connectivity index (χ4n) is 2.67. The zero-order chi connectivity index (χ0) is 17.7. The topological polar surface area (TPSA) is 54.9 Å². The monoisotopic (exact) mass is 343 g/mol. The number of rotatable bonds is 10. The van der Waals surface area contributed by atoms with Crippen molar-refractivity contribution in [3.63, 3.8) is 0 Å². The molecule has 0 bridgehead atoms. The standard InChI is InChI=1S/C20H29N3O2/c1-21-20(22-12-6-14-25-16-15-24-2)23-13-11-18-9-5-8-17-7-3-4-10-19(17)18/h3-5,7-10H,6,11-16H2,1-2H3,(H2,21,22,23). The van der Waals surface area contributed by atoms with Gasteiger partial charge in [0.05, 0.1) is 13.2 Å². The second-order valence-electron chi connectivity index (χ2n) is 5.77. The molecule has 0 aliphatic rings. The minimum atomic E-state index is 0.644. The van der Waals surface area contributed by atoms with Crippen molar-refractivity contribution in [2.75, 3.05) is 47.1 Å². The van der Waals surface area contributed by atoms with Crippen LogP contribution in [-0.2, 0) is 15.9 Å². The number of aliphatic imine (C=N–C) groups is 1. The molecule has 0 amide bonds. The van der Waals surface area contributed by atoms with Crippen molar-refractivity contribution in [3.05, 3.63) is 48.0 Å². The zero-order valence-corrected chi connectivity index (χ0v) is 15.3. The normalized spacial score (nSPS) is 11.7. The summed E-state index contributed by atoms with van der Waals surface area (Å²) in [5, 5.41) is 9.29. The molecule has 2 aromatic carbocycles. The van der Waals surface area contributed by atoms with Crippen LogP contribution in [0.5, 0.6) is 0 Å². The molecule has 0 fully saturated rings. The summed E-state index contributed by atoms with van der Waals surface area (Å²) < 4.78 is 10.4. The lowest BCUT2D eigenvalue weighted by Gasteiger charge is -2.13. The number of benzene rings is 2. The van der Waals surface area contributed by atoms with Crippen LogP contribution in [0, 0.1) is 0 Å². The lowest BCUT2D eigenvalue weighted by atomic mass is 10.0. The quantitative estimate of drug-likeness (QED) is 0.396. The number of hydrogen-bond acceptors (Lipinski definition) is 3. The van der Waals surface area contributed by atoms with E-state index in [0.29, 0.717) is 13.2 Å². The second-order valence-corrected chi connectivity index (χ2v) is 5.77. The van der Waals surface area contributed by atoms with Crippen molar-refractivity contribution in [1.82, 2.24) is 10.6 Å². The highest BCUT2D eigenvalue weighted by Crippen LogP contribution is 2.18. The van der Waals surface area contributed by atoms with Crippen molar-refractivity contribution >= 4 is 16.7 Å². The van der Waals surface area contributed by atoms with Gasteiger partial charge in [0, 0.05) is 33.9 Å². The molecule has 0 saturated carbocycles. The Bertz CT molecular complexity index is 653. The van der Waals surface area contributed by atoms with Gasteiger partial charge in [0.1, 0.15) is 0 Å². The highest BCUT2D eigenvalue weighted by Gasteiger charge is 2.01. The van der Waals surface area contributed by atoms with Gasteiger partial charge in [-0.05, 0) is 29.2 Å². The molecule has 2 N–H and O–H groups in total. The third kappa shape index (κ3) is 6.72. The number of hydrogen-bond donors (Lipinski definition) is 2. The summed E-state index contributed by atoms with van der Waals surface area (Å²) in [5.74, 6) is 0.831. The molecule has 0 atom stereocenters. The smallest absolute Gasteiger partial charge is 0.190 e. The van der Waals surface area contributed by atoms with Crippen LogP contribution in [0.4, 0.5) is 0 Å². The molecule has 25 heavy (non-hydrogen) atoms. The van der Waals surface area contributed by atoms with Crippen molar-refractivity contribution in [1.29, 1.82) is 0 Å². The van der Waals surface area contributed by atoms with Crippen LogP contribution in [0.2, 0.25) is 0 Å². The predicted molar refractivity (Wildman–Crippen MR) is 104 cm³/mol. The van der Waals surface area contributed by atoms with E-state index in [0.717, 1.165) is 38.5 Å². The van der Waals surface area contributed by atoms with E-state index in [-0.39, 0.29) is 0 Å². The molecule has 0 aliphatic carbocycles. The minimum absolute atomic E-state index is 0.644. The van der Waals surface area contributed by atoms with Gasteiger partial charge in [0.25, 0.3) is 0 Å². The Balaban J connectivity index is 1.69. The Morgan fingerprint density at radius 2 is 1.76 bits per heavy atom. The summed E-state index contributed by atoms with van der Waals surface area (Å²) in [4.78, 5) is 4.26. The molecule has 136 valence electrons. The second kappa shape index (κ2) is 11.4. The summed E-state index contributed by atoms with van der Waals surface area (Å²) >= 11 is 0. The van der Waals surface area contributed by atoms with Gasteiger partial charge >= 0.3 is 0 Å². The number of ether oxygens (including phenoxy) is 2. The summed E-state index contributed by atoms with van der Waals surface area (Å²) in [7, 11) is 3.47. The van der Waals surface area contributed by atoms with E-state index in [4.69, 9.17) is 9.47 Å². The van der Waals surface area contributed by atoms with Gasteiger partial charge in [-0.2, -0.15) is 0 Å². The van der Waals surface area contributed by atoms with Crippen molar-refractivity contribution in [2.24, 2.45) is 4.99 Å². The average Bonchev–Trinajstić information content (AvgIpc) is 2.66. The summed E-state index contributed by atoms with van der Waals surface area (Å²) in [6.07, 6.45) is 1.90. The van der Waals surface area contributed by atoms with Crippen LogP contribution in [0.25, 0.3) is 10.8 Å². The summed E-state index contributed by atoms with van der Waals surface area (Å²) in [6, 6.07) is 15.0. The molecule has 0 aliphatic heterocycles. The highest BCUT2D eigenvalue weighted by molar-refractivity contribution is 5.85. The number of nitrogens with one attached hydrogen (secondary N) is 2. The molecule has 0 radical (unpaired) electrons. The van der Waals surface area contributed by atoms with Gasteiger partial charge in [0.15, 0.2) is 5.96 Å². The molecule has 2 rings (SSSR count). The first kappa shape index (κ1) is 19.2. The van der Waals surface area contributed by atoms with Crippen LogP contribution >= 0.6 is 0 Å². The maximum absolute atomic E-state index is 5.44. The first-order valence-electron chi connectivity index (χ1n) is 8.83. The fraction of sp³-hybridized carbons (Fsp3) is 0.450. The SMILES string of the molecule is CN=C(NCCCOCCOC)NCCc1cccc2ccccc12. The molecule has 0 saturated heterocycles. The van der Waals surface area contributed by atoms with E-state index in [1.54, 1.807) is 14.2 Å². The van der Waals surface area contributed by atoms with E-state index in [1.807, 2.05) is 0 Å². The Hall–Kier alpha value is -2.11. The molecule has 0 heterocycles. The fourth-order valence-corrected chi connectivity index (χ4v) is 2.67. The van der Waals surface area contributed by atoms with E-state index in [1.165, 1.54) is 16.3 Å². The van der Waals surface area contributed by atoms with E-state index < -0.39 is 0 Å². The van der Waals surface area contributed by atoms with Gasteiger partial charge in [-0.1, -0.05) is 42.5 Å². The van der Waals surface area contributed by atoms with Crippen LogP contribution in [0.3, 0.4) is 0 Å². The number of nitrogens with zero attached hydrogens (tertiary/aromatic N) is 1. The predicted octanol–water partition coefficient (Wildman–Crippen LogP) is 2.60. The molecule has 0 aromatic heterocycles. The first-order valence-corrected chi connectivity index (χ1v) is 8.83. The van der Waals surface area contributed by atoms with Gasteiger partial charge in [-0.3, -0.25) is 4.99 Å². The average molecular weight is 343 g/mol. The Morgan fingerprint density at radius 1 is 0.960 bits per heavy atom. The third-order valence-electron chi connectivity index (χ3n) is 3.98. The zero-order valence-electron chi connectivity index (χ0n) is 15.3. The summed E-state index contributed by atoms with van der Waals surface area (Å²) in [5.41, 5.74) is 1.35. The molecular formula is C20H29N3O2. The van der Waals surface area contributed by atoms with E-state index in [9.17, 15) is 0 Å². The Kier molecular flexibility index (Phi) is 8.80. The molecule has 0 unspecified atom stereocenters. The number of fused-ring (bicyclic) bond motifs is 1. The molecular weight excluding hydrogens is 314 g/mol. The molecule has 5 nitrogen and oxygen atoms in total. The molecule has 2 aromatic rings. The number of methoxy groups -OCH3 is 1. The van der Waals surface area contributed by atoms with Crippen LogP contribution < -0.4 is 10.6 Å². The lowest BCUT2D eigenvalue weighted by molar-refractivity contribution is 0.0698. The first-order chi connectivity index (χ1) is 12.3. The van der Waals surface area contributed by atoms with Crippen LogP contribution in [0.15, 0.2) is 47.5 Å². The lowest BCUT2D eigenvalue weighted by Crippen LogP contribution is -2.39. The number of guanidine groups is 1. The Labute approximate surface area is 150 Å². The van der Waals surface area contributed by atoms with Gasteiger partial charge in [0.2, 0.25) is 0 Å². The third-order valence-corrected chi connectivity index (χ3v) is 3.98. The molecule has 5 heteroatoms. The van der Waals surface area contributed by atoms with Crippen LogP contribution in [0.1, 0.15) is 12.0 Å². The molecule has 0 spiro atoms.